The van der Waals surface area contributed by atoms with Crippen LogP contribution in [0.1, 0.15) is 83.6 Å². The molecule has 0 heterocycles. The predicted octanol–water partition coefficient (Wildman–Crippen LogP) is 4.55. The second-order valence-electron chi connectivity index (χ2n) is 7.01. The van der Waals surface area contributed by atoms with Gasteiger partial charge in [0.05, 0.1) is 25.9 Å². The van der Waals surface area contributed by atoms with Gasteiger partial charge in [-0.3, -0.25) is 14.4 Å². The highest BCUT2D eigenvalue weighted by Gasteiger charge is 2.33. The van der Waals surface area contributed by atoms with E-state index in [1.165, 1.54) is 0 Å². The number of carboxylic acid groups (broad SMARTS) is 3. The topological polar surface area (TPSA) is 121 Å². The van der Waals surface area contributed by atoms with Crippen molar-refractivity contribution in [3.63, 3.8) is 0 Å². The fourth-order valence-electron chi connectivity index (χ4n) is 3.86. The van der Waals surface area contributed by atoms with E-state index in [-0.39, 0.29) is 25.9 Å². The molecule has 3 unspecified atom stereocenters. The number of thiol groups is 3. The van der Waals surface area contributed by atoms with Gasteiger partial charge in [-0.25, -0.2) is 0 Å². The third kappa shape index (κ3) is 6.98. The lowest BCUT2D eigenvalue weighted by molar-refractivity contribution is -0.138. The molecule has 7 nitrogen and oxygen atoms in total. The van der Waals surface area contributed by atoms with Crippen LogP contribution in [0.3, 0.4) is 0 Å². The Morgan fingerprint density at radius 2 is 1.03 bits per heavy atom. The van der Waals surface area contributed by atoms with Crippen molar-refractivity contribution >= 4 is 55.8 Å². The number of ether oxygens (including phenoxy) is 1. The Hall–Kier alpha value is -1.52. The summed E-state index contributed by atoms with van der Waals surface area (Å²) < 4.78 is 5.95. The van der Waals surface area contributed by atoms with E-state index in [1.54, 1.807) is 6.92 Å². The second kappa shape index (κ2) is 12.5. The molecule has 1 rings (SSSR count). The van der Waals surface area contributed by atoms with Gasteiger partial charge in [-0.1, -0.05) is 13.8 Å². The van der Waals surface area contributed by atoms with Gasteiger partial charge in [0.25, 0.3) is 0 Å². The van der Waals surface area contributed by atoms with Crippen molar-refractivity contribution in [1.29, 1.82) is 0 Å². The van der Waals surface area contributed by atoms with Crippen molar-refractivity contribution in [1.82, 2.24) is 0 Å². The molecule has 10 heteroatoms. The number of hydrogen-bond donors (Lipinski definition) is 6. The lowest BCUT2D eigenvalue weighted by Gasteiger charge is -2.31. The summed E-state index contributed by atoms with van der Waals surface area (Å²) in [6.45, 7) is 5.82. The van der Waals surface area contributed by atoms with Gasteiger partial charge in [0, 0.05) is 26.9 Å². The first kappa shape index (κ1) is 27.5. The third-order valence-electron chi connectivity index (χ3n) is 4.89. The number of carbonyl (C=O) groups is 3. The van der Waals surface area contributed by atoms with Crippen LogP contribution >= 0.6 is 37.9 Å². The van der Waals surface area contributed by atoms with Crippen LogP contribution in [-0.4, -0.2) is 39.8 Å². The molecule has 0 bridgehead atoms. The number of rotatable bonds is 13. The lowest BCUT2D eigenvalue weighted by atomic mass is 9.82. The van der Waals surface area contributed by atoms with E-state index in [1.807, 2.05) is 13.8 Å². The largest absolute Gasteiger partial charge is 0.493 e. The molecule has 0 saturated carbocycles. The maximum atomic E-state index is 11.4. The minimum absolute atomic E-state index is 0.248. The minimum atomic E-state index is -1.05. The zero-order valence-electron chi connectivity index (χ0n) is 17.8. The molecule has 1 aromatic carbocycles. The van der Waals surface area contributed by atoms with Gasteiger partial charge in [-0.15, -0.1) is 0 Å². The molecule has 0 aliphatic heterocycles. The van der Waals surface area contributed by atoms with E-state index in [2.05, 4.69) is 37.9 Å². The summed E-state index contributed by atoms with van der Waals surface area (Å²) in [4.78, 5) is 34.3. The van der Waals surface area contributed by atoms with Crippen LogP contribution in [0.2, 0.25) is 0 Å². The van der Waals surface area contributed by atoms with Crippen LogP contribution in [0.25, 0.3) is 0 Å². The molecule has 31 heavy (non-hydrogen) atoms. The molecule has 0 aromatic heterocycles. The summed E-state index contributed by atoms with van der Waals surface area (Å²) in [5, 5.41) is 25.9. The van der Waals surface area contributed by atoms with Crippen molar-refractivity contribution in [2.75, 3.05) is 6.61 Å². The Kier molecular flexibility index (Phi) is 11.1. The van der Waals surface area contributed by atoms with Gasteiger partial charge in [0.15, 0.2) is 0 Å². The fraction of sp³-hybridized carbons (Fsp3) is 0.571. The summed E-state index contributed by atoms with van der Waals surface area (Å²) in [7, 11) is 0. The standard InChI is InChI=1S/C21H30O7S3/c1-4-10-18(12(29)7-15(22)23)11(5-2)20(14(31)9-17(26)27)21(28-6-3)19(10)13(30)8-16(24)25/h12-14,29-31H,4-9H2,1-3H3,(H,22,23)(H,24,25)(H,26,27). The van der Waals surface area contributed by atoms with Crippen molar-refractivity contribution in [3.05, 3.63) is 27.8 Å². The molecular formula is C21H30O7S3. The fourth-order valence-corrected chi connectivity index (χ4v) is 5.19. The normalized spacial score (nSPS) is 14.0. The van der Waals surface area contributed by atoms with Gasteiger partial charge in [-0.2, -0.15) is 37.9 Å². The molecule has 0 aliphatic carbocycles. The minimum Gasteiger partial charge on any atom is -0.493 e. The van der Waals surface area contributed by atoms with Crippen molar-refractivity contribution in [2.45, 2.75) is 68.6 Å². The van der Waals surface area contributed by atoms with Gasteiger partial charge in [-0.05, 0) is 36.5 Å². The van der Waals surface area contributed by atoms with Crippen molar-refractivity contribution < 1.29 is 34.4 Å². The van der Waals surface area contributed by atoms with Gasteiger partial charge in [0.1, 0.15) is 5.75 Å². The summed E-state index contributed by atoms with van der Waals surface area (Å²) in [6.07, 6.45) is 0.130. The molecular weight excluding hydrogens is 460 g/mol. The quantitative estimate of drug-likeness (QED) is 0.224. The van der Waals surface area contributed by atoms with Crippen LogP contribution in [0, 0.1) is 0 Å². The highest BCUT2D eigenvalue weighted by Crippen LogP contribution is 2.49. The molecule has 0 amide bonds. The summed E-state index contributed by atoms with van der Waals surface area (Å²) in [5.41, 5.74) is 3.21. The van der Waals surface area contributed by atoms with Crippen molar-refractivity contribution in [2.24, 2.45) is 0 Å². The SMILES string of the molecule is CCOc1c(C(S)CC(=O)O)c(CC)c(C(S)CC(=O)O)c(CC)c1C(S)CC(=O)O. The average Bonchev–Trinajstić information content (AvgIpc) is 2.64. The first-order valence-corrected chi connectivity index (χ1v) is 11.6. The average molecular weight is 491 g/mol. The van der Waals surface area contributed by atoms with Crippen molar-refractivity contribution in [3.8, 4) is 5.75 Å². The monoisotopic (exact) mass is 490 g/mol. The lowest BCUT2D eigenvalue weighted by Crippen LogP contribution is -2.18. The molecule has 1 aromatic rings. The van der Waals surface area contributed by atoms with E-state index in [0.29, 0.717) is 35.3 Å². The third-order valence-corrected chi connectivity index (χ3v) is 6.21. The first-order chi connectivity index (χ1) is 14.5. The summed E-state index contributed by atoms with van der Waals surface area (Å²) in [5.74, 6) is -2.73. The number of hydrogen-bond acceptors (Lipinski definition) is 7. The Labute approximate surface area is 198 Å². The van der Waals surface area contributed by atoms with Crippen LogP contribution < -0.4 is 4.74 Å². The molecule has 3 N–H and O–H groups in total. The van der Waals surface area contributed by atoms with E-state index in [9.17, 15) is 29.7 Å². The number of benzene rings is 1. The number of carboxylic acids is 3. The second-order valence-corrected chi connectivity index (χ2v) is 8.88. The van der Waals surface area contributed by atoms with E-state index in [0.717, 1.165) is 11.1 Å². The Morgan fingerprint density at radius 1 is 0.710 bits per heavy atom. The zero-order chi connectivity index (χ0) is 23.9. The van der Waals surface area contributed by atoms with E-state index < -0.39 is 33.7 Å². The van der Waals surface area contributed by atoms with E-state index >= 15 is 0 Å². The first-order valence-electron chi connectivity index (χ1n) is 10.0. The smallest absolute Gasteiger partial charge is 0.304 e. The van der Waals surface area contributed by atoms with Crippen LogP contribution in [-0.2, 0) is 27.2 Å². The van der Waals surface area contributed by atoms with E-state index in [4.69, 9.17) is 4.74 Å². The maximum Gasteiger partial charge on any atom is 0.304 e. The Balaban J connectivity index is 4.09. The molecule has 0 aliphatic rings. The van der Waals surface area contributed by atoms with Crippen LogP contribution in [0.4, 0.5) is 0 Å². The highest BCUT2D eigenvalue weighted by molar-refractivity contribution is 7.81. The maximum absolute atomic E-state index is 11.4. The summed E-state index contributed by atoms with van der Waals surface area (Å²) in [6, 6.07) is 0. The molecule has 0 fully saturated rings. The number of aliphatic carboxylic acids is 3. The zero-order valence-corrected chi connectivity index (χ0v) is 20.5. The molecule has 174 valence electrons. The Bertz CT molecular complexity index is 775. The Morgan fingerprint density at radius 3 is 1.29 bits per heavy atom. The molecule has 0 radical (unpaired) electrons. The van der Waals surface area contributed by atoms with Gasteiger partial charge >= 0.3 is 17.9 Å². The predicted molar refractivity (Wildman–Crippen MR) is 128 cm³/mol. The highest BCUT2D eigenvalue weighted by atomic mass is 32.1. The van der Waals surface area contributed by atoms with Crippen LogP contribution in [0.15, 0.2) is 0 Å². The molecule has 3 atom stereocenters. The summed E-state index contributed by atoms with van der Waals surface area (Å²) >= 11 is 13.6. The molecule has 0 saturated heterocycles. The van der Waals surface area contributed by atoms with Crippen LogP contribution in [0.5, 0.6) is 5.75 Å². The molecule has 0 spiro atoms. The van der Waals surface area contributed by atoms with Gasteiger partial charge < -0.3 is 20.1 Å². The van der Waals surface area contributed by atoms with Gasteiger partial charge in [0.2, 0.25) is 0 Å².